The standard InChI is InChI=1S/C13H21F3N2S2/c1-5-6-17-9(8-19-12(2,3)4)10-7-18-11(20-10)13(14,15)16/h7,9,17H,5-6,8H2,1-4H3. The molecule has 0 spiro atoms. The monoisotopic (exact) mass is 326 g/mol. The molecule has 0 fully saturated rings. The van der Waals surface area contributed by atoms with E-state index in [1.165, 1.54) is 6.20 Å². The summed E-state index contributed by atoms with van der Waals surface area (Å²) in [6.07, 6.45) is -2.05. The van der Waals surface area contributed by atoms with Crippen LogP contribution in [0, 0.1) is 0 Å². The molecule has 1 aromatic rings. The molecule has 20 heavy (non-hydrogen) atoms. The number of aromatic nitrogens is 1. The first-order valence-corrected chi connectivity index (χ1v) is 8.34. The average Bonchev–Trinajstić information content (AvgIpc) is 2.76. The van der Waals surface area contributed by atoms with Gasteiger partial charge in [-0.25, -0.2) is 4.98 Å². The highest BCUT2D eigenvalue weighted by Gasteiger charge is 2.35. The van der Waals surface area contributed by atoms with Crippen molar-refractivity contribution in [2.24, 2.45) is 0 Å². The maximum absolute atomic E-state index is 12.6. The van der Waals surface area contributed by atoms with E-state index in [9.17, 15) is 13.2 Å². The third-order valence-corrected chi connectivity index (χ3v) is 4.96. The first kappa shape index (κ1) is 17.8. The molecule has 0 aromatic carbocycles. The van der Waals surface area contributed by atoms with E-state index in [1.54, 1.807) is 11.8 Å². The van der Waals surface area contributed by atoms with Crippen LogP contribution in [-0.2, 0) is 6.18 Å². The fourth-order valence-corrected chi connectivity index (χ4v) is 3.40. The van der Waals surface area contributed by atoms with Crippen molar-refractivity contribution in [3.63, 3.8) is 0 Å². The Bertz CT molecular complexity index is 410. The molecule has 1 rings (SSSR count). The highest BCUT2D eigenvalue weighted by atomic mass is 32.2. The smallest absolute Gasteiger partial charge is 0.309 e. The van der Waals surface area contributed by atoms with Crippen molar-refractivity contribution in [3.05, 3.63) is 16.1 Å². The lowest BCUT2D eigenvalue weighted by atomic mass is 10.2. The van der Waals surface area contributed by atoms with Gasteiger partial charge in [0.15, 0.2) is 5.01 Å². The van der Waals surface area contributed by atoms with Gasteiger partial charge in [0.2, 0.25) is 0 Å². The molecule has 0 aliphatic heterocycles. The Morgan fingerprint density at radius 2 is 2.00 bits per heavy atom. The summed E-state index contributed by atoms with van der Waals surface area (Å²) in [4.78, 5) is 4.16. The summed E-state index contributed by atoms with van der Waals surface area (Å²) in [5.74, 6) is 0.739. The van der Waals surface area contributed by atoms with Crippen LogP contribution in [0.1, 0.15) is 50.0 Å². The minimum Gasteiger partial charge on any atom is -0.309 e. The number of halogens is 3. The number of rotatable bonds is 6. The van der Waals surface area contributed by atoms with Crippen LogP contribution in [0.15, 0.2) is 6.20 Å². The quantitative estimate of drug-likeness (QED) is 0.818. The van der Waals surface area contributed by atoms with Crippen LogP contribution in [0.4, 0.5) is 13.2 Å². The van der Waals surface area contributed by atoms with Gasteiger partial charge >= 0.3 is 6.18 Å². The van der Waals surface area contributed by atoms with Gasteiger partial charge < -0.3 is 5.32 Å². The van der Waals surface area contributed by atoms with Gasteiger partial charge in [-0.15, -0.1) is 11.3 Å². The number of hydrogen-bond donors (Lipinski definition) is 1. The second kappa shape index (κ2) is 7.13. The van der Waals surface area contributed by atoms with Crippen molar-refractivity contribution in [2.45, 2.75) is 51.1 Å². The number of nitrogens with zero attached hydrogens (tertiary/aromatic N) is 1. The fraction of sp³-hybridized carbons (Fsp3) is 0.769. The summed E-state index contributed by atoms with van der Waals surface area (Å²) in [7, 11) is 0. The van der Waals surface area contributed by atoms with E-state index in [-0.39, 0.29) is 10.8 Å². The molecular formula is C13H21F3N2S2. The fourth-order valence-electron chi connectivity index (χ4n) is 1.47. The molecule has 0 bridgehead atoms. The normalized spacial score (nSPS) is 14.6. The van der Waals surface area contributed by atoms with E-state index in [1.807, 2.05) is 6.92 Å². The summed E-state index contributed by atoms with van der Waals surface area (Å²) in [6, 6.07) is -0.0761. The van der Waals surface area contributed by atoms with E-state index in [0.29, 0.717) is 4.88 Å². The molecule has 116 valence electrons. The molecule has 1 unspecified atom stereocenters. The van der Waals surface area contributed by atoms with Crippen LogP contribution in [-0.4, -0.2) is 22.0 Å². The first-order chi connectivity index (χ1) is 9.13. The Morgan fingerprint density at radius 3 is 2.45 bits per heavy atom. The van der Waals surface area contributed by atoms with Crippen LogP contribution in [0.2, 0.25) is 0 Å². The summed E-state index contributed by atoms with van der Waals surface area (Å²) >= 11 is 2.48. The maximum atomic E-state index is 12.6. The summed E-state index contributed by atoms with van der Waals surface area (Å²) < 4.78 is 37.9. The van der Waals surface area contributed by atoms with Gasteiger partial charge in [-0.1, -0.05) is 27.7 Å². The van der Waals surface area contributed by atoms with Crippen molar-refractivity contribution in [1.29, 1.82) is 0 Å². The van der Waals surface area contributed by atoms with Crippen molar-refractivity contribution in [3.8, 4) is 0 Å². The largest absolute Gasteiger partial charge is 0.443 e. The zero-order chi connectivity index (χ0) is 15.4. The van der Waals surface area contributed by atoms with E-state index in [0.717, 1.165) is 30.1 Å². The van der Waals surface area contributed by atoms with Crippen molar-refractivity contribution < 1.29 is 13.2 Å². The minimum atomic E-state index is -4.35. The minimum absolute atomic E-state index is 0.0761. The molecule has 7 heteroatoms. The second-order valence-corrected chi connectivity index (χ2v) is 8.40. The lowest BCUT2D eigenvalue weighted by Crippen LogP contribution is -2.25. The highest BCUT2D eigenvalue weighted by molar-refractivity contribution is 8.00. The lowest BCUT2D eigenvalue weighted by molar-refractivity contribution is -0.137. The number of alkyl halides is 3. The summed E-state index contributed by atoms with van der Waals surface area (Å²) in [5, 5.41) is 2.54. The predicted octanol–water partition coefficient (Wildman–Crippen LogP) is 4.73. The number of thiazole rings is 1. The molecule has 0 aliphatic rings. The third-order valence-electron chi connectivity index (χ3n) is 2.43. The third kappa shape index (κ3) is 6.01. The predicted molar refractivity (Wildman–Crippen MR) is 80.4 cm³/mol. The molecule has 1 N–H and O–H groups in total. The van der Waals surface area contributed by atoms with Crippen molar-refractivity contribution >= 4 is 23.1 Å². The Hall–Kier alpha value is -0.270. The molecule has 0 saturated carbocycles. The SMILES string of the molecule is CCCNC(CSC(C)(C)C)c1cnc(C(F)(F)F)s1. The van der Waals surface area contributed by atoms with E-state index >= 15 is 0 Å². The molecule has 0 radical (unpaired) electrons. The summed E-state index contributed by atoms with van der Waals surface area (Å²) in [6.45, 7) is 9.12. The van der Waals surface area contributed by atoms with E-state index < -0.39 is 11.2 Å². The zero-order valence-electron chi connectivity index (χ0n) is 12.2. The van der Waals surface area contributed by atoms with Crippen LogP contribution in [0.5, 0.6) is 0 Å². The molecule has 0 aliphatic carbocycles. The Labute approximate surface area is 126 Å². The van der Waals surface area contributed by atoms with Crippen LogP contribution >= 0.6 is 23.1 Å². The Morgan fingerprint density at radius 1 is 1.35 bits per heavy atom. The van der Waals surface area contributed by atoms with Gasteiger partial charge in [0.25, 0.3) is 0 Å². The molecular weight excluding hydrogens is 305 g/mol. The molecule has 1 aromatic heterocycles. The van der Waals surface area contributed by atoms with Crippen LogP contribution in [0.3, 0.4) is 0 Å². The summed E-state index contributed by atoms with van der Waals surface area (Å²) in [5.41, 5.74) is 0. The number of thioether (sulfide) groups is 1. The average molecular weight is 326 g/mol. The van der Waals surface area contributed by atoms with Gasteiger partial charge in [-0.3, -0.25) is 0 Å². The van der Waals surface area contributed by atoms with E-state index in [2.05, 4.69) is 31.1 Å². The van der Waals surface area contributed by atoms with Gasteiger partial charge in [0.05, 0.1) is 6.04 Å². The zero-order valence-corrected chi connectivity index (χ0v) is 13.8. The maximum Gasteiger partial charge on any atom is 0.443 e. The number of nitrogens with one attached hydrogen (secondary N) is 1. The lowest BCUT2D eigenvalue weighted by Gasteiger charge is -2.23. The molecule has 1 atom stereocenters. The van der Waals surface area contributed by atoms with Crippen molar-refractivity contribution in [1.82, 2.24) is 10.3 Å². The van der Waals surface area contributed by atoms with Crippen LogP contribution in [0.25, 0.3) is 0 Å². The van der Waals surface area contributed by atoms with Gasteiger partial charge in [0.1, 0.15) is 0 Å². The molecule has 0 amide bonds. The molecule has 2 nitrogen and oxygen atoms in total. The van der Waals surface area contributed by atoms with Gasteiger partial charge in [-0.05, 0) is 13.0 Å². The Kier molecular flexibility index (Phi) is 6.34. The van der Waals surface area contributed by atoms with Crippen molar-refractivity contribution in [2.75, 3.05) is 12.3 Å². The van der Waals surface area contributed by atoms with E-state index in [4.69, 9.17) is 0 Å². The van der Waals surface area contributed by atoms with Gasteiger partial charge in [-0.2, -0.15) is 24.9 Å². The first-order valence-electron chi connectivity index (χ1n) is 6.53. The molecule has 0 saturated heterocycles. The number of hydrogen-bond acceptors (Lipinski definition) is 4. The Balaban J connectivity index is 2.79. The van der Waals surface area contributed by atoms with Gasteiger partial charge in [0, 0.05) is 21.6 Å². The highest BCUT2D eigenvalue weighted by Crippen LogP contribution is 2.36. The topological polar surface area (TPSA) is 24.9 Å². The second-order valence-electron chi connectivity index (χ2n) is 5.50. The molecule has 1 heterocycles. The van der Waals surface area contributed by atoms with Crippen LogP contribution < -0.4 is 5.32 Å².